The fourth-order valence-corrected chi connectivity index (χ4v) is 4.67. The molecule has 1 heterocycles. The van der Waals surface area contributed by atoms with Gasteiger partial charge in [0.05, 0.1) is 14.2 Å². The summed E-state index contributed by atoms with van der Waals surface area (Å²) in [6.45, 7) is 2.16. The van der Waals surface area contributed by atoms with Gasteiger partial charge in [-0.1, -0.05) is 35.9 Å². The van der Waals surface area contributed by atoms with Crippen LogP contribution < -0.4 is 10.1 Å². The highest BCUT2D eigenvalue weighted by atomic mass is 127. The van der Waals surface area contributed by atoms with E-state index in [1.54, 1.807) is 12.1 Å². The zero-order valence-electron chi connectivity index (χ0n) is 16.9. The van der Waals surface area contributed by atoms with Gasteiger partial charge in [-0.3, -0.25) is 4.79 Å². The Morgan fingerprint density at radius 1 is 1.19 bits per heavy atom. The Kier molecular flexibility index (Phi) is 7.17. The molecular formula is C24H17ClFIN2O2S. The number of rotatable bonds is 5. The van der Waals surface area contributed by atoms with Crippen molar-refractivity contribution in [3.05, 3.63) is 96.7 Å². The van der Waals surface area contributed by atoms with Gasteiger partial charge in [-0.15, -0.1) is 0 Å². The Morgan fingerprint density at radius 2 is 2.00 bits per heavy atom. The van der Waals surface area contributed by atoms with Crippen molar-refractivity contribution in [2.45, 2.75) is 13.5 Å². The van der Waals surface area contributed by atoms with Gasteiger partial charge in [0.25, 0.3) is 5.91 Å². The second-order valence-corrected chi connectivity index (χ2v) is 9.57. The first-order chi connectivity index (χ1) is 15.4. The molecule has 3 aromatic carbocycles. The van der Waals surface area contributed by atoms with Crippen molar-refractivity contribution in [2.24, 2.45) is 4.99 Å². The number of benzene rings is 3. The van der Waals surface area contributed by atoms with Crippen molar-refractivity contribution in [3.63, 3.8) is 0 Å². The standard InChI is InChI=1S/C24H17ClFIN2O2S/c1-14-18(25)6-3-7-20(14)28-24-29-23(30)22(32-24)12-15-8-9-21(19(27)11-15)31-13-16-4-2-5-17(26)10-16/h2-12H,13H2,1H3,(H,28,29,30)/b22-12+. The first-order valence-electron chi connectivity index (χ1n) is 9.60. The molecule has 0 saturated carbocycles. The lowest BCUT2D eigenvalue weighted by Gasteiger charge is -2.09. The van der Waals surface area contributed by atoms with E-state index < -0.39 is 0 Å². The van der Waals surface area contributed by atoms with Crippen LogP contribution in [-0.4, -0.2) is 11.1 Å². The molecule has 0 unspecified atom stereocenters. The minimum absolute atomic E-state index is 0.199. The summed E-state index contributed by atoms with van der Waals surface area (Å²) in [6, 6.07) is 17.5. The Morgan fingerprint density at radius 3 is 2.78 bits per heavy atom. The van der Waals surface area contributed by atoms with Crippen molar-refractivity contribution >= 4 is 68.8 Å². The normalized spacial score (nSPS) is 15.9. The number of carbonyl (C=O) groups is 1. The lowest BCUT2D eigenvalue weighted by Crippen LogP contribution is -2.19. The number of amides is 1. The summed E-state index contributed by atoms with van der Waals surface area (Å²) in [5, 5.41) is 3.94. The van der Waals surface area contributed by atoms with Crippen molar-refractivity contribution < 1.29 is 13.9 Å². The van der Waals surface area contributed by atoms with Crippen molar-refractivity contribution in [2.75, 3.05) is 0 Å². The molecule has 1 N–H and O–H groups in total. The zero-order chi connectivity index (χ0) is 22.7. The van der Waals surface area contributed by atoms with E-state index in [-0.39, 0.29) is 18.3 Å². The molecule has 0 aromatic heterocycles. The number of aliphatic imine (C=N–C) groups is 1. The maximum Gasteiger partial charge on any atom is 0.264 e. The van der Waals surface area contributed by atoms with Gasteiger partial charge in [0, 0.05) is 5.02 Å². The van der Waals surface area contributed by atoms with Gasteiger partial charge in [-0.2, -0.15) is 0 Å². The van der Waals surface area contributed by atoms with Crippen LogP contribution in [0.3, 0.4) is 0 Å². The first kappa shape index (κ1) is 22.8. The van der Waals surface area contributed by atoms with Crippen LogP contribution in [0.4, 0.5) is 10.1 Å². The highest BCUT2D eigenvalue weighted by Gasteiger charge is 2.24. The van der Waals surface area contributed by atoms with Crippen LogP contribution in [0.1, 0.15) is 16.7 Å². The van der Waals surface area contributed by atoms with Crippen molar-refractivity contribution in [1.82, 2.24) is 5.32 Å². The Bertz CT molecular complexity index is 1260. The van der Waals surface area contributed by atoms with E-state index in [1.807, 2.05) is 49.4 Å². The monoisotopic (exact) mass is 578 g/mol. The van der Waals surface area contributed by atoms with E-state index in [1.165, 1.54) is 23.9 Å². The summed E-state index contributed by atoms with van der Waals surface area (Å²) in [5.41, 5.74) is 3.20. The number of thioether (sulfide) groups is 1. The smallest absolute Gasteiger partial charge is 0.264 e. The van der Waals surface area contributed by atoms with Crippen LogP contribution in [0, 0.1) is 16.3 Å². The van der Waals surface area contributed by atoms with Gasteiger partial charge in [-0.25, -0.2) is 9.38 Å². The minimum Gasteiger partial charge on any atom is -0.488 e. The quantitative estimate of drug-likeness (QED) is 0.266. The molecule has 4 rings (SSSR count). The molecular weight excluding hydrogens is 562 g/mol. The second kappa shape index (κ2) is 10.1. The summed E-state index contributed by atoms with van der Waals surface area (Å²) in [7, 11) is 0. The maximum atomic E-state index is 13.3. The summed E-state index contributed by atoms with van der Waals surface area (Å²) < 4.78 is 20.0. The maximum absolute atomic E-state index is 13.3. The van der Waals surface area contributed by atoms with Crippen LogP contribution in [0.25, 0.3) is 6.08 Å². The summed E-state index contributed by atoms with van der Waals surface area (Å²) in [5.74, 6) is 0.206. The number of amidine groups is 1. The highest BCUT2D eigenvalue weighted by molar-refractivity contribution is 14.1. The molecule has 8 heteroatoms. The molecule has 0 atom stereocenters. The molecule has 1 amide bonds. The Labute approximate surface area is 208 Å². The average molecular weight is 579 g/mol. The predicted molar refractivity (Wildman–Crippen MR) is 137 cm³/mol. The summed E-state index contributed by atoms with van der Waals surface area (Å²) in [4.78, 5) is 17.5. The van der Waals surface area contributed by atoms with E-state index in [4.69, 9.17) is 16.3 Å². The van der Waals surface area contributed by atoms with E-state index in [0.717, 1.165) is 25.9 Å². The molecule has 1 saturated heterocycles. The van der Waals surface area contributed by atoms with Crippen LogP contribution >= 0.6 is 46.0 Å². The SMILES string of the molecule is Cc1c(Cl)cccc1N=C1NC(=O)/C(=C\c2ccc(OCc3cccc(F)c3)c(I)c2)S1. The average Bonchev–Trinajstić information content (AvgIpc) is 3.09. The fraction of sp³-hybridized carbons (Fsp3) is 0.0833. The van der Waals surface area contributed by atoms with E-state index in [9.17, 15) is 9.18 Å². The van der Waals surface area contributed by atoms with Crippen LogP contribution in [0.2, 0.25) is 5.02 Å². The lowest BCUT2D eigenvalue weighted by molar-refractivity contribution is -0.115. The molecule has 1 fully saturated rings. The summed E-state index contributed by atoms with van der Waals surface area (Å²) >= 11 is 9.61. The number of halogens is 3. The van der Waals surface area contributed by atoms with Gasteiger partial charge in [0.2, 0.25) is 0 Å². The molecule has 0 aliphatic carbocycles. The Hall–Kier alpha value is -2.36. The van der Waals surface area contributed by atoms with Crippen LogP contribution in [0.15, 0.2) is 70.6 Å². The predicted octanol–water partition coefficient (Wildman–Crippen LogP) is 6.86. The van der Waals surface area contributed by atoms with Gasteiger partial charge < -0.3 is 10.1 Å². The number of nitrogens with one attached hydrogen (secondary N) is 1. The van der Waals surface area contributed by atoms with Gasteiger partial charge in [-0.05, 0) is 100 Å². The molecule has 0 spiro atoms. The van der Waals surface area contributed by atoms with E-state index >= 15 is 0 Å². The lowest BCUT2D eigenvalue weighted by atomic mass is 10.2. The fourth-order valence-electron chi connectivity index (χ4n) is 2.97. The van der Waals surface area contributed by atoms with Gasteiger partial charge in [0.15, 0.2) is 5.17 Å². The number of hydrogen-bond acceptors (Lipinski definition) is 4. The van der Waals surface area contributed by atoms with E-state index in [0.29, 0.717) is 20.8 Å². The molecule has 32 heavy (non-hydrogen) atoms. The molecule has 0 bridgehead atoms. The molecule has 3 aromatic rings. The largest absolute Gasteiger partial charge is 0.488 e. The van der Waals surface area contributed by atoms with Crippen molar-refractivity contribution in [1.29, 1.82) is 0 Å². The molecule has 162 valence electrons. The first-order valence-corrected chi connectivity index (χ1v) is 11.9. The van der Waals surface area contributed by atoms with Gasteiger partial charge >= 0.3 is 0 Å². The third-order valence-electron chi connectivity index (χ3n) is 4.65. The van der Waals surface area contributed by atoms with Crippen molar-refractivity contribution in [3.8, 4) is 5.75 Å². The second-order valence-electron chi connectivity index (χ2n) is 6.97. The third kappa shape index (κ3) is 5.51. The van der Waals surface area contributed by atoms with E-state index in [2.05, 4.69) is 32.9 Å². The van der Waals surface area contributed by atoms with Crippen LogP contribution in [-0.2, 0) is 11.4 Å². The minimum atomic E-state index is -0.288. The molecule has 1 aliphatic rings. The topological polar surface area (TPSA) is 50.7 Å². The highest BCUT2D eigenvalue weighted by Crippen LogP contribution is 2.32. The molecule has 4 nitrogen and oxygen atoms in total. The zero-order valence-corrected chi connectivity index (χ0v) is 20.6. The number of nitrogens with zero attached hydrogens (tertiary/aromatic N) is 1. The van der Waals surface area contributed by atoms with Gasteiger partial charge in [0.1, 0.15) is 18.2 Å². The van der Waals surface area contributed by atoms with Crippen LogP contribution in [0.5, 0.6) is 5.75 Å². The molecule has 0 radical (unpaired) electrons. The summed E-state index contributed by atoms with van der Waals surface area (Å²) in [6.07, 6.45) is 1.81. The number of ether oxygens (including phenoxy) is 1. The third-order valence-corrected chi connectivity index (χ3v) is 6.81. The number of carbonyl (C=O) groups excluding carboxylic acids is 1. The Balaban J connectivity index is 1.47. The number of hydrogen-bond donors (Lipinski definition) is 1. The molecule has 1 aliphatic heterocycles.